The highest BCUT2D eigenvalue weighted by molar-refractivity contribution is 5.97. The van der Waals surface area contributed by atoms with E-state index < -0.39 is 36.2 Å². The van der Waals surface area contributed by atoms with Gasteiger partial charge in [0.1, 0.15) is 6.04 Å². The van der Waals surface area contributed by atoms with Crippen LogP contribution in [-0.4, -0.2) is 29.6 Å². The van der Waals surface area contributed by atoms with E-state index in [1.807, 2.05) is 36.4 Å². The molecule has 0 fully saturated rings. The van der Waals surface area contributed by atoms with Gasteiger partial charge in [-0.05, 0) is 34.5 Å². The molecule has 30 heavy (non-hydrogen) atoms. The molecular weight excluding hydrogens is 397 g/mol. The number of hydrogen-bond donors (Lipinski definition) is 3. The van der Waals surface area contributed by atoms with Crippen molar-refractivity contribution >= 4 is 28.3 Å². The quantitative estimate of drug-likeness (QED) is 0.576. The van der Waals surface area contributed by atoms with Crippen LogP contribution in [0.4, 0.5) is 18.9 Å². The van der Waals surface area contributed by atoms with E-state index in [0.29, 0.717) is 0 Å². The Balaban J connectivity index is 1.63. The largest absolute Gasteiger partial charge is 0.416 e. The maximum Gasteiger partial charge on any atom is 0.416 e. The van der Waals surface area contributed by atoms with Gasteiger partial charge in [0.15, 0.2) is 0 Å². The third-order valence-electron chi connectivity index (χ3n) is 4.47. The van der Waals surface area contributed by atoms with Crippen molar-refractivity contribution in [3.63, 3.8) is 0 Å². The summed E-state index contributed by atoms with van der Waals surface area (Å²) in [7, 11) is 0. The number of halogens is 3. The van der Waals surface area contributed by atoms with Gasteiger partial charge in [-0.2, -0.15) is 13.2 Å². The first-order chi connectivity index (χ1) is 14.3. The lowest BCUT2D eigenvalue weighted by molar-refractivity contribution is -0.137. The molecule has 156 valence electrons. The number of fused-ring (bicyclic) bond motifs is 1. The smallest absolute Gasteiger partial charge is 0.394 e. The average molecular weight is 416 g/mol. The van der Waals surface area contributed by atoms with E-state index >= 15 is 0 Å². The molecule has 0 spiro atoms. The zero-order chi connectivity index (χ0) is 21.7. The summed E-state index contributed by atoms with van der Waals surface area (Å²) in [5.41, 5.74) is -0.278. The van der Waals surface area contributed by atoms with Gasteiger partial charge < -0.3 is 15.7 Å². The Hall–Kier alpha value is -3.39. The van der Waals surface area contributed by atoms with E-state index in [0.717, 1.165) is 34.5 Å². The van der Waals surface area contributed by atoms with Gasteiger partial charge in [0.2, 0.25) is 11.8 Å². The van der Waals surface area contributed by atoms with Gasteiger partial charge in [0.25, 0.3) is 0 Å². The SMILES string of the molecule is O=C(Cc1ccc2ccccc2c1)NC(CO)C(=O)Nc1cccc(C(F)(F)F)c1. The maximum atomic E-state index is 12.8. The van der Waals surface area contributed by atoms with Crippen LogP contribution in [-0.2, 0) is 22.2 Å². The Morgan fingerprint density at radius 3 is 2.37 bits per heavy atom. The van der Waals surface area contributed by atoms with Crippen LogP contribution in [0.1, 0.15) is 11.1 Å². The number of aliphatic hydroxyl groups is 1. The highest BCUT2D eigenvalue weighted by Gasteiger charge is 2.30. The van der Waals surface area contributed by atoms with Crippen LogP contribution < -0.4 is 10.6 Å². The molecule has 0 saturated heterocycles. The molecule has 0 radical (unpaired) electrons. The number of carbonyl (C=O) groups is 2. The number of benzene rings is 3. The summed E-state index contributed by atoms with van der Waals surface area (Å²) < 4.78 is 38.4. The van der Waals surface area contributed by atoms with E-state index in [1.165, 1.54) is 6.07 Å². The van der Waals surface area contributed by atoms with Crippen molar-refractivity contribution in [3.8, 4) is 0 Å². The van der Waals surface area contributed by atoms with Gasteiger partial charge in [0, 0.05) is 5.69 Å². The number of anilines is 1. The topological polar surface area (TPSA) is 78.4 Å². The molecule has 8 heteroatoms. The fraction of sp³-hybridized carbons (Fsp3) is 0.182. The van der Waals surface area contributed by atoms with Gasteiger partial charge in [-0.15, -0.1) is 0 Å². The molecule has 1 atom stereocenters. The Labute approximate surface area is 170 Å². The molecule has 0 aromatic heterocycles. The minimum Gasteiger partial charge on any atom is -0.394 e. The van der Waals surface area contributed by atoms with Crippen LogP contribution in [0.2, 0.25) is 0 Å². The molecule has 3 N–H and O–H groups in total. The monoisotopic (exact) mass is 416 g/mol. The van der Waals surface area contributed by atoms with Crippen LogP contribution >= 0.6 is 0 Å². The standard InChI is InChI=1S/C22H19F3N2O3/c23-22(24,25)17-6-3-7-18(12-17)26-21(30)19(13-28)27-20(29)11-14-8-9-15-4-1-2-5-16(15)10-14/h1-10,12,19,28H,11,13H2,(H,26,30)(H,27,29). The first-order valence-electron chi connectivity index (χ1n) is 9.12. The number of aliphatic hydroxyl groups excluding tert-OH is 1. The van der Waals surface area contributed by atoms with Gasteiger partial charge in [-0.1, -0.05) is 48.5 Å². The molecule has 0 heterocycles. The van der Waals surface area contributed by atoms with Crippen LogP contribution in [0.15, 0.2) is 66.7 Å². The van der Waals surface area contributed by atoms with Gasteiger partial charge in [0.05, 0.1) is 18.6 Å². The van der Waals surface area contributed by atoms with Gasteiger partial charge in [-0.25, -0.2) is 0 Å². The first kappa shape index (κ1) is 21.3. The predicted octanol–water partition coefficient (Wildman–Crippen LogP) is 3.52. The minimum absolute atomic E-state index is 0.0157. The summed E-state index contributed by atoms with van der Waals surface area (Å²) in [6.07, 6.45) is -4.57. The molecule has 0 aliphatic carbocycles. The third kappa shape index (κ3) is 5.36. The van der Waals surface area contributed by atoms with Gasteiger partial charge >= 0.3 is 6.18 Å². The third-order valence-corrected chi connectivity index (χ3v) is 4.47. The molecule has 0 saturated carbocycles. The second-order valence-corrected chi connectivity index (χ2v) is 6.73. The lowest BCUT2D eigenvalue weighted by Crippen LogP contribution is -2.46. The number of nitrogens with one attached hydrogen (secondary N) is 2. The Kier molecular flexibility index (Phi) is 6.37. The molecule has 1 unspecified atom stereocenters. The van der Waals surface area contributed by atoms with E-state index in [2.05, 4.69) is 10.6 Å². The Morgan fingerprint density at radius 1 is 0.933 bits per heavy atom. The van der Waals surface area contributed by atoms with Crippen LogP contribution in [0.5, 0.6) is 0 Å². The zero-order valence-electron chi connectivity index (χ0n) is 15.7. The molecule has 0 aliphatic heterocycles. The Bertz CT molecular complexity index is 1070. The molecule has 0 aliphatic rings. The van der Waals surface area contributed by atoms with E-state index in [-0.39, 0.29) is 12.1 Å². The van der Waals surface area contributed by atoms with Crippen molar-refractivity contribution < 1.29 is 27.9 Å². The first-order valence-corrected chi connectivity index (χ1v) is 9.12. The molecule has 0 bridgehead atoms. The van der Waals surface area contributed by atoms with Crippen molar-refractivity contribution in [3.05, 3.63) is 77.9 Å². The average Bonchev–Trinajstić information content (AvgIpc) is 2.71. The summed E-state index contributed by atoms with van der Waals surface area (Å²) in [5.74, 6) is -1.31. The number of alkyl halides is 3. The maximum absolute atomic E-state index is 12.8. The van der Waals surface area contributed by atoms with Crippen molar-refractivity contribution in [2.24, 2.45) is 0 Å². The van der Waals surface area contributed by atoms with Crippen molar-refractivity contribution in [2.75, 3.05) is 11.9 Å². The van der Waals surface area contributed by atoms with Crippen molar-refractivity contribution in [1.29, 1.82) is 0 Å². The van der Waals surface area contributed by atoms with E-state index in [1.54, 1.807) is 6.07 Å². The van der Waals surface area contributed by atoms with Crippen LogP contribution in [0, 0.1) is 0 Å². The summed E-state index contributed by atoms with van der Waals surface area (Å²) >= 11 is 0. The van der Waals surface area contributed by atoms with Crippen LogP contribution in [0.25, 0.3) is 10.8 Å². The summed E-state index contributed by atoms with van der Waals surface area (Å²) in [4.78, 5) is 24.6. The van der Waals surface area contributed by atoms with Crippen molar-refractivity contribution in [1.82, 2.24) is 5.32 Å². The lowest BCUT2D eigenvalue weighted by Gasteiger charge is -2.17. The normalized spacial score (nSPS) is 12.4. The molecule has 2 amide bonds. The minimum atomic E-state index is -4.55. The predicted molar refractivity (Wildman–Crippen MR) is 107 cm³/mol. The second kappa shape index (κ2) is 8.96. The summed E-state index contributed by atoms with van der Waals surface area (Å²) in [6, 6.07) is 16.0. The molecule has 3 rings (SSSR count). The molecule has 5 nitrogen and oxygen atoms in total. The molecule has 3 aromatic carbocycles. The fourth-order valence-electron chi connectivity index (χ4n) is 2.98. The number of carbonyl (C=O) groups excluding carboxylic acids is 2. The lowest BCUT2D eigenvalue weighted by atomic mass is 10.0. The zero-order valence-corrected chi connectivity index (χ0v) is 15.7. The van der Waals surface area contributed by atoms with E-state index in [9.17, 15) is 27.9 Å². The number of rotatable bonds is 6. The molecular formula is C22H19F3N2O3. The van der Waals surface area contributed by atoms with E-state index in [4.69, 9.17) is 0 Å². The van der Waals surface area contributed by atoms with Crippen LogP contribution in [0.3, 0.4) is 0 Å². The second-order valence-electron chi connectivity index (χ2n) is 6.73. The number of hydrogen-bond acceptors (Lipinski definition) is 3. The number of amides is 2. The highest BCUT2D eigenvalue weighted by Crippen LogP contribution is 2.30. The van der Waals surface area contributed by atoms with Gasteiger partial charge in [-0.3, -0.25) is 9.59 Å². The fourth-order valence-corrected chi connectivity index (χ4v) is 2.98. The van der Waals surface area contributed by atoms with Crippen molar-refractivity contribution in [2.45, 2.75) is 18.6 Å². The highest BCUT2D eigenvalue weighted by atomic mass is 19.4. The summed E-state index contributed by atoms with van der Waals surface area (Å²) in [5, 5.41) is 16.1. The Morgan fingerprint density at radius 2 is 1.67 bits per heavy atom. The summed E-state index contributed by atoms with van der Waals surface area (Å²) in [6.45, 7) is -0.700. The molecule has 3 aromatic rings.